The Bertz CT molecular complexity index is 1030. The summed E-state index contributed by atoms with van der Waals surface area (Å²) in [5, 5.41) is 9.72. The van der Waals surface area contributed by atoms with Gasteiger partial charge in [0, 0.05) is 50.4 Å². The molecule has 1 saturated heterocycles. The summed E-state index contributed by atoms with van der Waals surface area (Å²) in [5.41, 5.74) is 2.42. The Hall–Kier alpha value is -3.17. The zero-order valence-electron chi connectivity index (χ0n) is 19.6. The maximum Gasteiger partial charge on any atom is 0.322 e. The van der Waals surface area contributed by atoms with Gasteiger partial charge in [-0.15, -0.1) is 0 Å². The van der Waals surface area contributed by atoms with Gasteiger partial charge in [0.2, 0.25) is 0 Å². The number of halogens is 2. The summed E-state index contributed by atoms with van der Waals surface area (Å²) in [6, 6.07) is 5.53. The van der Waals surface area contributed by atoms with Crippen LogP contribution in [0.1, 0.15) is 60.8 Å². The highest BCUT2D eigenvalue weighted by molar-refractivity contribution is 5.96. The Kier molecular flexibility index (Phi) is 7.33. The minimum atomic E-state index is -3.13. The maximum atomic E-state index is 13.3. The molecule has 1 amide bonds. The molecule has 2 N–H and O–H groups in total. The van der Waals surface area contributed by atoms with Crippen LogP contribution in [0.2, 0.25) is 0 Å². The Balaban J connectivity index is 1.17. The number of alkyl halides is 2. The number of ether oxygens (including phenoxy) is 1. The number of carbonyl (C=O) groups is 1. The lowest BCUT2D eigenvalue weighted by molar-refractivity contribution is -0.0158. The molecule has 2 aromatic rings. The molecule has 1 aromatic heterocycles. The zero-order chi connectivity index (χ0) is 24.1. The number of rotatable bonds is 9. The molecule has 0 unspecified atom stereocenters. The van der Waals surface area contributed by atoms with Crippen LogP contribution in [0.3, 0.4) is 0 Å². The number of hydrogen-bond donors (Lipinski definition) is 2. The number of nitrogens with one attached hydrogen (secondary N) is 2. The molecule has 34 heavy (non-hydrogen) atoms. The van der Waals surface area contributed by atoms with Crippen molar-refractivity contribution in [2.45, 2.75) is 51.9 Å². The molecule has 0 radical (unpaired) electrons. The van der Waals surface area contributed by atoms with Gasteiger partial charge in [-0.3, -0.25) is 4.79 Å². The highest BCUT2D eigenvalue weighted by Crippen LogP contribution is 2.29. The van der Waals surface area contributed by atoms with Gasteiger partial charge in [0.15, 0.2) is 0 Å². The van der Waals surface area contributed by atoms with Crippen LogP contribution in [0.25, 0.3) is 0 Å². The highest BCUT2D eigenvalue weighted by atomic mass is 19.3. The van der Waals surface area contributed by atoms with Crippen molar-refractivity contribution < 1.29 is 22.8 Å². The van der Waals surface area contributed by atoms with E-state index in [-0.39, 0.29) is 11.9 Å². The van der Waals surface area contributed by atoms with E-state index in [0.717, 1.165) is 75.7 Å². The summed E-state index contributed by atoms with van der Waals surface area (Å²) in [7, 11) is 0. The first-order valence-electron chi connectivity index (χ1n) is 11.7. The Morgan fingerprint density at radius 1 is 1.35 bits per heavy atom. The molecule has 1 aromatic carbocycles. The molecule has 0 atom stereocenters. The summed E-state index contributed by atoms with van der Waals surface area (Å²) in [6.07, 6.45) is 6.50. The maximum absolute atomic E-state index is 13.3. The van der Waals surface area contributed by atoms with Gasteiger partial charge in [-0.25, -0.2) is 0 Å². The van der Waals surface area contributed by atoms with E-state index in [0.29, 0.717) is 18.1 Å². The molecular weight excluding hydrogens is 444 g/mol. The van der Waals surface area contributed by atoms with Crippen molar-refractivity contribution in [3.05, 3.63) is 47.1 Å². The van der Waals surface area contributed by atoms with Crippen LogP contribution in [-0.4, -0.2) is 42.3 Å². The van der Waals surface area contributed by atoms with Crippen LogP contribution in [-0.2, 0) is 5.92 Å². The second-order valence-corrected chi connectivity index (χ2v) is 9.01. The average molecular weight is 476 g/mol. The SMILES string of the molecule is Cc1cc(OCCCC2CCN(c3noc(C(C)(F)F)n3)CC2)ccc1C(=O)NC1=CNCC1. The quantitative estimate of drug-likeness (QED) is 0.527. The van der Waals surface area contributed by atoms with Crippen molar-refractivity contribution in [2.75, 3.05) is 31.1 Å². The van der Waals surface area contributed by atoms with Crippen LogP contribution >= 0.6 is 0 Å². The van der Waals surface area contributed by atoms with Crippen LogP contribution < -0.4 is 20.3 Å². The topological polar surface area (TPSA) is 92.5 Å². The first kappa shape index (κ1) is 24.0. The third-order valence-electron chi connectivity index (χ3n) is 6.25. The third-order valence-corrected chi connectivity index (χ3v) is 6.25. The van der Waals surface area contributed by atoms with E-state index < -0.39 is 11.8 Å². The summed E-state index contributed by atoms with van der Waals surface area (Å²) >= 11 is 0. The average Bonchev–Trinajstić information content (AvgIpc) is 3.49. The predicted molar refractivity (Wildman–Crippen MR) is 123 cm³/mol. The normalized spacial score (nSPS) is 16.8. The van der Waals surface area contributed by atoms with Gasteiger partial charge < -0.3 is 24.8 Å². The number of nitrogens with zero attached hydrogens (tertiary/aromatic N) is 3. The summed E-state index contributed by atoms with van der Waals surface area (Å²) in [6.45, 7) is 5.54. The summed E-state index contributed by atoms with van der Waals surface area (Å²) in [4.78, 5) is 18.2. The van der Waals surface area contributed by atoms with E-state index in [1.54, 1.807) is 6.07 Å². The largest absolute Gasteiger partial charge is 0.494 e. The Morgan fingerprint density at radius 2 is 2.15 bits per heavy atom. The lowest BCUT2D eigenvalue weighted by atomic mass is 9.92. The molecule has 2 aliphatic heterocycles. The van der Waals surface area contributed by atoms with Gasteiger partial charge in [-0.1, -0.05) is 0 Å². The van der Waals surface area contributed by atoms with Crippen molar-refractivity contribution in [3.63, 3.8) is 0 Å². The summed E-state index contributed by atoms with van der Waals surface area (Å²) < 4.78 is 37.2. The van der Waals surface area contributed by atoms with Crippen LogP contribution in [0.5, 0.6) is 5.75 Å². The van der Waals surface area contributed by atoms with Gasteiger partial charge >= 0.3 is 5.92 Å². The van der Waals surface area contributed by atoms with Gasteiger partial charge in [-0.05, 0) is 67.4 Å². The van der Waals surface area contributed by atoms with E-state index in [1.165, 1.54) is 0 Å². The molecule has 3 heterocycles. The fourth-order valence-electron chi connectivity index (χ4n) is 4.27. The number of carbonyl (C=O) groups excluding carboxylic acids is 1. The molecule has 0 saturated carbocycles. The van der Waals surface area contributed by atoms with Gasteiger partial charge in [-0.2, -0.15) is 13.8 Å². The van der Waals surface area contributed by atoms with E-state index in [1.807, 2.05) is 30.2 Å². The molecule has 0 spiro atoms. The third kappa shape index (κ3) is 6.03. The van der Waals surface area contributed by atoms with Crippen LogP contribution in [0.15, 0.2) is 34.6 Å². The standard InChI is InChI=1S/C24H31F2N5O3/c1-16-14-19(5-6-20(16)21(32)28-18-7-10-27-15-18)33-13-3-4-17-8-11-31(12-9-17)23-29-22(34-30-23)24(2,25)26/h5-6,14-15,17,27H,3-4,7-13H2,1-2H3,(H,28,32). The Morgan fingerprint density at radius 3 is 2.79 bits per heavy atom. The number of aromatic nitrogens is 2. The lowest BCUT2D eigenvalue weighted by Crippen LogP contribution is -2.34. The molecule has 0 bridgehead atoms. The first-order chi connectivity index (χ1) is 16.3. The molecule has 4 rings (SSSR count). The summed E-state index contributed by atoms with van der Waals surface area (Å²) in [5.74, 6) is -2.33. The van der Waals surface area contributed by atoms with E-state index in [9.17, 15) is 13.6 Å². The number of anilines is 1. The minimum Gasteiger partial charge on any atom is -0.494 e. The fraction of sp³-hybridized carbons (Fsp3) is 0.542. The number of amides is 1. The predicted octanol–water partition coefficient (Wildman–Crippen LogP) is 4.13. The van der Waals surface area contributed by atoms with Crippen molar-refractivity contribution in [1.82, 2.24) is 20.8 Å². The number of aryl methyl sites for hydroxylation is 1. The van der Waals surface area contributed by atoms with Crippen LogP contribution in [0, 0.1) is 12.8 Å². The molecule has 184 valence electrons. The van der Waals surface area contributed by atoms with Gasteiger partial charge in [0.25, 0.3) is 17.7 Å². The number of piperidine rings is 1. The van der Waals surface area contributed by atoms with Gasteiger partial charge in [0.1, 0.15) is 5.75 Å². The number of hydrogen-bond acceptors (Lipinski definition) is 7. The van der Waals surface area contributed by atoms with Crippen molar-refractivity contribution >= 4 is 11.9 Å². The first-order valence-corrected chi connectivity index (χ1v) is 11.7. The number of benzene rings is 1. The van der Waals surface area contributed by atoms with Crippen molar-refractivity contribution in [1.29, 1.82) is 0 Å². The molecule has 2 aliphatic rings. The van der Waals surface area contributed by atoms with Crippen molar-refractivity contribution in [3.8, 4) is 5.75 Å². The van der Waals surface area contributed by atoms with E-state index in [2.05, 4.69) is 20.8 Å². The second kappa shape index (κ2) is 10.4. The van der Waals surface area contributed by atoms with E-state index >= 15 is 0 Å². The Labute approximate surface area is 197 Å². The zero-order valence-corrected chi connectivity index (χ0v) is 19.6. The fourth-order valence-corrected chi connectivity index (χ4v) is 4.27. The van der Waals surface area contributed by atoms with Gasteiger partial charge in [0.05, 0.1) is 6.61 Å². The second-order valence-electron chi connectivity index (χ2n) is 9.01. The molecule has 1 fully saturated rings. The molecule has 10 heteroatoms. The smallest absolute Gasteiger partial charge is 0.322 e. The molecule has 8 nitrogen and oxygen atoms in total. The van der Waals surface area contributed by atoms with Crippen LogP contribution in [0.4, 0.5) is 14.7 Å². The lowest BCUT2D eigenvalue weighted by Gasteiger charge is -2.30. The van der Waals surface area contributed by atoms with Crippen molar-refractivity contribution in [2.24, 2.45) is 5.92 Å². The minimum absolute atomic E-state index is 0.106. The molecular formula is C24H31F2N5O3. The molecule has 0 aliphatic carbocycles. The monoisotopic (exact) mass is 475 g/mol. The highest BCUT2D eigenvalue weighted by Gasteiger charge is 2.33. The van der Waals surface area contributed by atoms with E-state index in [4.69, 9.17) is 9.26 Å².